The van der Waals surface area contributed by atoms with Gasteiger partial charge in [-0.15, -0.1) is 0 Å². The van der Waals surface area contributed by atoms with E-state index in [1.807, 2.05) is 12.1 Å². The van der Waals surface area contributed by atoms with Gasteiger partial charge >= 0.3 is 5.97 Å². The van der Waals surface area contributed by atoms with E-state index >= 15 is 0 Å². The minimum Gasteiger partial charge on any atom is -0.478 e. The quantitative estimate of drug-likeness (QED) is 0.569. The van der Waals surface area contributed by atoms with Gasteiger partial charge in [0.15, 0.2) is 0 Å². The summed E-state index contributed by atoms with van der Waals surface area (Å²) >= 11 is 0. The van der Waals surface area contributed by atoms with E-state index in [2.05, 4.69) is 35.3 Å². The second-order valence-corrected chi connectivity index (χ2v) is 12.6. The highest BCUT2D eigenvalue weighted by atomic mass is 32.2. The van der Waals surface area contributed by atoms with Gasteiger partial charge in [0.05, 0.1) is 16.1 Å². The highest BCUT2D eigenvalue weighted by Gasteiger charge is 2.27. The summed E-state index contributed by atoms with van der Waals surface area (Å²) in [6, 6.07) is 11.6. The van der Waals surface area contributed by atoms with Crippen LogP contribution >= 0.6 is 0 Å². The molecule has 2 fully saturated rings. The minimum absolute atomic E-state index is 0.0795. The predicted molar refractivity (Wildman–Crippen MR) is 140 cm³/mol. The van der Waals surface area contributed by atoms with Crippen LogP contribution in [-0.4, -0.2) is 57.1 Å². The molecule has 190 valence electrons. The van der Waals surface area contributed by atoms with Crippen molar-refractivity contribution in [1.29, 1.82) is 0 Å². The maximum absolute atomic E-state index is 13.0. The molecule has 0 radical (unpaired) electrons. The third kappa shape index (κ3) is 6.16. The van der Waals surface area contributed by atoms with Crippen LogP contribution in [0, 0.1) is 5.92 Å². The van der Waals surface area contributed by atoms with E-state index < -0.39 is 16.0 Å². The molecule has 2 saturated heterocycles. The molecule has 35 heavy (non-hydrogen) atoms. The van der Waals surface area contributed by atoms with E-state index in [1.165, 1.54) is 18.9 Å². The van der Waals surface area contributed by atoms with Crippen LogP contribution in [-0.2, 0) is 15.4 Å². The van der Waals surface area contributed by atoms with Crippen LogP contribution < -0.4 is 9.62 Å². The normalized spacial score (nSPS) is 19.6. The third-order valence-corrected chi connectivity index (χ3v) is 8.48. The molecule has 0 aromatic heterocycles. The van der Waals surface area contributed by atoms with Crippen molar-refractivity contribution >= 4 is 27.4 Å². The molecule has 0 saturated carbocycles. The summed E-state index contributed by atoms with van der Waals surface area (Å²) < 4.78 is 28.5. The van der Waals surface area contributed by atoms with Gasteiger partial charge in [-0.1, -0.05) is 32.9 Å². The number of nitrogens with zero attached hydrogens (tertiary/aromatic N) is 2. The zero-order valence-electron chi connectivity index (χ0n) is 21.0. The third-order valence-electron chi connectivity index (χ3n) is 7.08. The Labute approximate surface area is 209 Å². The molecular weight excluding hydrogens is 462 g/mol. The second kappa shape index (κ2) is 10.2. The second-order valence-electron chi connectivity index (χ2n) is 10.9. The highest BCUT2D eigenvalue weighted by molar-refractivity contribution is 7.92. The summed E-state index contributed by atoms with van der Waals surface area (Å²) in [5, 5.41) is 9.93. The topological polar surface area (TPSA) is 90.0 Å². The molecule has 2 aliphatic rings. The van der Waals surface area contributed by atoms with E-state index in [4.69, 9.17) is 0 Å². The van der Waals surface area contributed by atoms with Gasteiger partial charge in [-0.2, -0.15) is 0 Å². The Hall–Kier alpha value is -2.58. The lowest BCUT2D eigenvalue weighted by molar-refractivity contribution is 0.0697. The van der Waals surface area contributed by atoms with Crippen molar-refractivity contribution in [2.75, 3.05) is 42.3 Å². The van der Waals surface area contributed by atoms with Crippen LogP contribution in [0.15, 0.2) is 47.4 Å². The summed E-state index contributed by atoms with van der Waals surface area (Å²) in [4.78, 5) is 16.9. The van der Waals surface area contributed by atoms with Crippen molar-refractivity contribution in [3.05, 3.63) is 53.6 Å². The molecule has 0 spiro atoms. The van der Waals surface area contributed by atoms with Gasteiger partial charge in [-0.25, -0.2) is 13.2 Å². The Kier molecular flexibility index (Phi) is 7.43. The minimum atomic E-state index is -3.84. The SMILES string of the molecule is CC(C)(C)c1ccc(S(=O)(=O)Nc2ccc(N3CCCC(CN4CCCC4)C3)c(C(=O)O)c2)cc1. The number of aromatic carboxylic acids is 1. The largest absolute Gasteiger partial charge is 0.478 e. The first-order chi connectivity index (χ1) is 16.5. The number of nitrogens with one attached hydrogen (secondary N) is 1. The maximum atomic E-state index is 13.0. The van der Waals surface area contributed by atoms with Crippen LogP contribution in [0.5, 0.6) is 0 Å². The number of likely N-dealkylation sites (tertiary alicyclic amines) is 1. The lowest BCUT2D eigenvalue weighted by atomic mass is 9.87. The molecule has 7 nitrogen and oxygen atoms in total. The molecule has 1 unspecified atom stereocenters. The standard InChI is InChI=1S/C27H37N3O4S/c1-27(2,3)21-8-11-23(12-9-21)35(33,34)28-22-10-13-25(24(17-22)26(31)32)30-16-6-7-20(19-30)18-29-14-4-5-15-29/h8-13,17,20,28H,4-7,14-16,18-19H2,1-3H3,(H,31,32). The Balaban J connectivity index is 1.51. The van der Waals surface area contributed by atoms with Gasteiger partial charge in [0.1, 0.15) is 0 Å². The first kappa shape index (κ1) is 25.5. The zero-order chi connectivity index (χ0) is 25.2. The summed E-state index contributed by atoms with van der Waals surface area (Å²) in [7, 11) is -3.84. The van der Waals surface area contributed by atoms with Crippen LogP contribution in [0.3, 0.4) is 0 Å². The molecule has 0 amide bonds. The molecule has 2 aromatic rings. The number of hydrogen-bond donors (Lipinski definition) is 2. The van der Waals surface area contributed by atoms with Gasteiger partial charge < -0.3 is 14.9 Å². The van der Waals surface area contributed by atoms with Gasteiger partial charge in [-0.3, -0.25) is 4.72 Å². The highest BCUT2D eigenvalue weighted by Crippen LogP contribution is 2.31. The van der Waals surface area contributed by atoms with Crippen molar-refractivity contribution in [1.82, 2.24) is 4.90 Å². The number of carboxylic acids is 1. The van der Waals surface area contributed by atoms with Gasteiger partial charge in [0.25, 0.3) is 10.0 Å². The molecule has 0 aliphatic carbocycles. The number of piperidine rings is 1. The number of benzene rings is 2. The Morgan fingerprint density at radius 3 is 2.34 bits per heavy atom. The predicted octanol–water partition coefficient (Wildman–Crippen LogP) is 4.80. The number of carbonyl (C=O) groups is 1. The van der Waals surface area contributed by atoms with Crippen LogP contribution in [0.25, 0.3) is 0 Å². The maximum Gasteiger partial charge on any atom is 0.337 e. The van der Waals surface area contributed by atoms with E-state index in [0.717, 1.165) is 51.1 Å². The first-order valence-electron chi connectivity index (χ1n) is 12.5. The first-order valence-corrected chi connectivity index (χ1v) is 14.0. The van der Waals surface area contributed by atoms with Gasteiger partial charge in [0, 0.05) is 25.3 Å². The number of rotatable bonds is 7. The molecule has 2 aliphatic heterocycles. The van der Waals surface area contributed by atoms with Gasteiger partial charge in [-0.05, 0) is 86.0 Å². The number of carboxylic acid groups (broad SMARTS) is 1. The number of hydrogen-bond acceptors (Lipinski definition) is 5. The van der Waals surface area contributed by atoms with Crippen molar-refractivity contribution in [3.63, 3.8) is 0 Å². The Morgan fingerprint density at radius 1 is 1.03 bits per heavy atom. The molecule has 8 heteroatoms. The number of sulfonamides is 1. The average Bonchev–Trinajstić information content (AvgIpc) is 3.31. The van der Waals surface area contributed by atoms with Crippen LogP contribution in [0.4, 0.5) is 11.4 Å². The Morgan fingerprint density at radius 2 is 1.71 bits per heavy atom. The fraction of sp³-hybridized carbons (Fsp3) is 0.519. The molecule has 1 atom stereocenters. The van der Waals surface area contributed by atoms with Gasteiger partial charge in [0.2, 0.25) is 0 Å². The van der Waals surface area contributed by atoms with E-state index in [1.54, 1.807) is 24.3 Å². The summed E-state index contributed by atoms with van der Waals surface area (Å²) in [5.41, 5.74) is 1.98. The Bertz CT molecular complexity index is 1150. The lowest BCUT2D eigenvalue weighted by Crippen LogP contribution is -2.41. The molecule has 0 bridgehead atoms. The summed E-state index contributed by atoms with van der Waals surface area (Å²) in [5.74, 6) is -0.546. The van der Waals surface area contributed by atoms with Crippen LogP contribution in [0.2, 0.25) is 0 Å². The van der Waals surface area contributed by atoms with Crippen molar-refractivity contribution in [2.24, 2.45) is 5.92 Å². The van der Waals surface area contributed by atoms with Crippen LogP contribution in [0.1, 0.15) is 62.4 Å². The fourth-order valence-electron chi connectivity index (χ4n) is 5.16. The molecular formula is C27H37N3O4S. The fourth-order valence-corrected chi connectivity index (χ4v) is 6.21. The molecule has 4 rings (SSSR count). The molecule has 2 heterocycles. The monoisotopic (exact) mass is 499 g/mol. The summed E-state index contributed by atoms with van der Waals surface area (Å²) in [6.07, 6.45) is 4.70. The summed E-state index contributed by atoms with van der Waals surface area (Å²) in [6.45, 7) is 11.2. The number of anilines is 2. The zero-order valence-corrected chi connectivity index (χ0v) is 21.8. The van der Waals surface area contributed by atoms with Crippen molar-refractivity contribution in [2.45, 2.75) is 56.8 Å². The van der Waals surface area contributed by atoms with E-state index in [9.17, 15) is 18.3 Å². The smallest absolute Gasteiger partial charge is 0.337 e. The van der Waals surface area contributed by atoms with E-state index in [-0.39, 0.29) is 21.6 Å². The molecule has 2 aromatic carbocycles. The lowest BCUT2D eigenvalue weighted by Gasteiger charge is -2.36. The molecule has 2 N–H and O–H groups in total. The van der Waals surface area contributed by atoms with Crippen molar-refractivity contribution < 1.29 is 18.3 Å². The average molecular weight is 500 g/mol. The van der Waals surface area contributed by atoms with Crippen molar-refractivity contribution in [3.8, 4) is 0 Å². The van der Waals surface area contributed by atoms with E-state index in [0.29, 0.717) is 11.6 Å².